The van der Waals surface area contributed by atoms with Crippen molar-refractivity contribution in [1.29, 1.82) is 0 Å². The Hall–Kier alpha value is -3.95. The summed E-state index contributed by atoms with van der Waals surface area (Å²) >= 11 is 0. The minimum Gasteiger partial charge on any atom is -0.459 e. The fraction of sp³-hybridized carbons (Fsp3) is 0.318. The summed E-state index contributed by atoms with van der Waals surface area (Å²) < 4.78 is 5.63. The van der Waals surface area contributed by atoms with Crippen LogP contribution in [0, 0.1) is 0 Å². The smallest absolute Gasteiger partial charge is 0.272 e. The van der Waals surface area contributed by atoms with E-state index in [2.05, 4.69) is 30.7 Å². The summed E-state index contributed by atoms with van der Waals surface area (Å²) in [6.45, 7) is 0.847. The third-order valence-electron chi connectivity index (χ3n) is 5.81. The second kappa shape index (κ2) is 7.63. The molecule has 1 aliphatic carbocycles. The van der Waals surface area contributed by atoms with Crippen molar-refractivity contribution < 1.29 is 9.21 Å². The Morgan fingerprint density at radius 2 is 2.12 bits per heavy atom. The fourth-order valence-corrected chi connectivity index (χ4v) is 4.07. The predicted octanol–water partition coefficient (Wildman–Crippen LogP) is 3.32. The summed E-state index contributed by atoms with van der Waals surface area (Å²) in [5, 5.41) is 13.1. The highest BCUT2D eigenvalue weighted by molar-refractivity contribution is 5.94. The standard InChI is InChI=1S/C22H22N8O2/c31-21(24-13-6-7-13)16-12-18(29-28-16)26-20-19-15(8-11-32-19)25-22(27-20)30-10-3-5-17(30)14-4-1-2-9-23-14/h1-2,4,8-9,11-13,17H,3,5-7,10H2,(H,24,31)(H2,25,26,27,28,29). The number of nitrogens with zero attached hydrogens (tertiary/aromatic N) is 5. The third-order valence-corrected chi connectivity index (χ3v) is 5.81. The molecule has 1 saturated heterocycles. The van der Waals surface area contributed by atoms with Gasteiger partial charge in [0.15, 0.2) is 17.1 Å². The molecule has 1 unspecified atom stereocenters. The predicted molar refractivity (Wildman–Crippen MR) is 118 cm³/mol. The molecule has 6 rings (SSSR count). The Kier molecular flexibility index (Phi) is 4.48. The number of rotatable bonds is 6. The van der Waals surface area contributed by atoms with E-state index >= 15 is 0 Å². The van der Waals surface area contributed by atoms with Gasteiger partial charge < -0.3 is 20.0 Å². The first kappa shape index (κ1) is 18.8. The molecule has 0 spiro atoms. The zero-order valence-electron chi connectivity index (χ0n) is 17.3. The van der Waals surface area contributed by atoms with Crippen LogP contribution >= 0.6 is 0 Å². The van der Waals surface area contributed by atoms with Gasteiger partial charge in [-0.3, -0.25) is 14.9 Å². The summed E-state index contributed by atoms with van der Waals surface area (Å²) in [7, 11) is 0. The minimum atomic E-state index is -0.182. The van der Waals surface area contributed by atoms with Crippen molar-refractivity contribution in [1.82, 2.24) is 30.5 Å². The summed E-state index contributed by atoms with van der Waals surface area (Å²) in [6, 6.07) is 9.84. The second-order valence-electron chi connectivity index (χ2n) is 8.15. The Bertz CT molecular complexity index is 1260. The number of pyridine rings is 1. The molecule has 0 radical (unpaired) electrons. The average molecular weight is 430 g/mol. The molecule has 4 aromatic heterocycles. The van der Waals surface area contributed by atoms with Gasteiger partial charge in [0.25, 0.3) is 5.91 Å². The molecule has 5 heterocycles. The summed E-state index contributed by atoms with van der Waals surface area (Å²) in [5.41, 5.74) is 2.59. The number of furan rings is 1. The largest absolute Gasteiger partial charge is 0.459 e. The molecular weight excluding hydrogens is 408 g/mol. The highest BCUT2D eigenvalue weighted by atomic mass is 16.3. The lowest BCUT2D eigenvalue weighted by atomic mass is 10.1. The molecule has 0 aromatic carbocycles. The maximum atomic E-state index is 12.3. The number of nitrogens with one attached hydrogen (secondary N) is 3. The van der Waals surface area contributed by atoms with E-state index in [1.54, 1.807) is 12.3 Å². The van der Waals surface area contributed by atoms with Crippen molar-refractivity contribution in [3.8, 4) is 0 Å². The van der Waals surface area contributed by atoms with Crippen LogP contribution in [-0.4, -0.2) is 43.6 Å². The number of aromatic nitrogens is 5. The molecule has 0 bridgehead atoms. The first-order chi connectivity index (χ1) is 15.7. The lowest BCUT2D eigenvalue weighted by Crippen LogP contribution is -2.25. The van der Waals surface area contributed by atoms with E-state index in [4.69, 9.17) is 14.4 Å². The quantitative estimate of drug-likeness (QED) is 0.425. The maximum absolute atomic E-state index is 12.3. The van der Waals surface area contributed by atoms with Crippen LogP contribution in [0.2, 0.25) is 0 Å². The van der Waals surface area contributed by atoms with Crippen molar-refractivity contribution in [2.24, 2.45) is 0 Å². The number of hydrogen-bond donors (Lipinski definition) is 3. The van der Waals surface area contributed by atoms with Crippen LogP contribution in [0.4, 0.5) is 17.6 Å². The highest BCUT2D eigenvalue weighted by Gasteiger charge is 2.30. The highest BCUT2D eigenvalue weighted by Crippen LogP contribution is 2.35. The Morgan fingerprint density at radius 1 is 1.19 bits per heavy atom. The lowest BCUT2D eigenvalue weighted by molar-refractivity contribution is 0.0946. The Morgan fingerprint density at radius 3 is 2.97 bits per heavy atom. The van der Waals surface area contributed by atoms with E-state index < -0.39 is 0 Å². The van der Waals surface area contributed by atoms with Crippen molar-refractivity contribution in [2.75, 3.05) is 16.8 Å². The lowest BCUT2D eigenvalue weighted by Gasteiger charge is -2.24. The number of anilines is 3. The molecular formula is C22H22N8O2. The molecule has 3 N–H and O–H groups in total. The summed E-state index contributed by atoms with van der Waals surface area (Å²) in [4.78, 5) is 28.5. The Balaban J connectivity index is 1.30. The van der Waals surface area contributed by atoms with Crippen LogP contribution in [0.25, 0.3) is 11.1 Å². The number of hydrogen-bond acceptors (Lipinski definition) is 8. The minimum absolute atomic E-state index is 0.123. The first-order valence-corrected chi connectivity index (χ1v) is 10.8. The number of H-pyrrole nitrogens is 1. The summed E-state index contributed by atoms with van der Waals surface area (Å²) in [6.07, 6.45) is 7.49. The zero-order valence-corrected chi connectivity index (χ0v) is 17.3. The first-order valence-electron chi connectivity index (χ1n) is 10.8. The fourth-order valence-electron chi connectivity index (χ4n) is 4.07. The normalized spacial score (nSPS) is 18.2. The van der Waals surface area contributed by atoms with Gasteiger partial charge in [0.2, 0.25) is 5.95 Å². The molecule has 1 atom stereocenters. The van der Waals surface area contributed by atoms with Crippen LogP contribution in [0.5, 0.6) is 0 Å². The molecule has 1 amide bonds. The van der Waals surface area contributed by atoms with Crippen molar-refractivity contribution in [3.63, 3.8) is 0 Å². The number of carbonyl (C=O) groups is 1. The number of amides is 1. The molecule has 32 heavy (non-hydrogen) atoms. The van der Waals surface area contributed by atoms with Gasteiger partial charge in [-0.25, -0.2) is 4.98 Å². The van der Waals surface area contributed by atoms with Crippen LogP contribution < -0.4 is 15.5 Å². The number of carbonyl (C=O) groups excluding carboxylic acids is 1. The van der Waals surface area contributed by atoms with Gasteiger partial charge in [-0.2, -0.15) is 10.1 Å². The van der Waals surface area contributed by atoms with Crippen LogP contribution in [-0.2, 0) is 0 Å². The van der Waals surface area contributed by atoms with Gasteiger partial charge in [0.1, 0.15) is 11.3 Å². The van der Waals surface area contributed by atoms with E-state index in [-0.39, 0.29) is 18.0 Å². The monoisotopic (exact) mass is 430 g/mol. The van der Waals surface area contributed by atoms with Crippen LogP contribution in [0.3, 0.4) is 0 Å². The molecule has 2 fully saturated rings. The average Bonchev–Trinajstić information content (AvgIpc) is 3.23. The van der Waals surface area contributed by atoms with Crippen LogP contribution in [0.15, 0.2) is 47.2 Å². The Labute approximate surface area is 183 Å². The van der Waals surface area contributed by atoms with E-state index in [9.17, 15) is 4.79 Å². The number of fused-ring (bicyclic) bond motifs is 1. The van der Waals surface area contributed by atoms with Crippen molar-refractivity contribution in [2.45, 2.75) is 37.8 Å². The summed E-state index contributed by atoms with van der Waals surface area (Å²) in [5.74, 6) is 1.50. The zero-order chi connectivity index (χ0) is 21.5. The van der Waals surface area contributed by atoms with Gasteiger partial charge in [0.05, 0.1) is 18.0 Å². The molecule has 10 heteroatoms. The van der Waals surface area contributed by atoms with E-state index in [1.165, 1.54) is 0 Å². The van der Waals surface area contributed by atoms with E-state index in [0.29, 0.717) is 34.4 Å². The molecule has 1 saturated carbocycles. The molecule has 162 valence electrons. The van der Waals surface area contributed by atoms with Gasteiger partial charge in [-0.1, -0.05) is 6.07 Å². The van der Waals surface area contributed by atoms with Crippen molar-refractivity contribution >= 4 is 34.6 Å². The topological polar surface area (TPSA) is 125 Å². The maximum Gasteiger partial charge on any atom is 0.272 e. The van der Waals surface area contributed by atoms with Crippen LogP contribution in [0.1, 0.15) is 47.9 Å². The SMILES string of the molecule is O=C(NC1CC1)c1cc(Nc2nc(N3CCCC3c3ccccn3)nc3ccoc23)[nH]n1. The molecule has 1 aliphatic heterocycles. The second-order valence-corrected chi connectivity index (χ2v) is 8.15. The van der Waals surface area contributed by atoms with Gasteiger partial charge in [-0.15, -0.1) is 0 Å². The molecule has 4 aromatic rings. The van der Waals surface area contributed by atoms with E-state index in [1.807, 2.05) is 30.5 Å². The van der Waals surface area contributed by atoms with Gasteiger partial charge in [0, 0.05) is 30.9 Å². The molecule has 10 nitrogen and oxygen atoms in total. The van der Waals surface area contributed by atoms with E-state index in [0.717, 1.165) is 37.9 Å². The van der Waals surface area contributed by atoms with Gasteiger partial charge in [-0.05, 0) is 37.8 Å². The van der Waals surface area contributed by atoms with Gasteiger partial charge >= 0.3 is 0 Å². The third kappa shape index (κ3) is 3.53. The van der Waals surface area contributed by atoms with Crippen molar-refractivity contribution in [3.05, 3.63) is 54.2 Å². The number of aromatic amines is 1. The molecule has 2 aliphatic rings.